The maximum absolute atomic E-state index is 5.82. The molecular formula is C21H22N2O. The molecule has 0 bridgehead atoms. The molecule has 0 fully saturated rings. The highest BCUT2D eigenvalue weighted by Crippen LogP contribution is 2.23. The molecule has 0 atom stereocenters. The van der Waals surface area contributed by atoms with Gasteiger partial charge in [0.25, 0.3) is 0 Å². The van der Waals surface area contributed by atoms with E-state index in [9.17, 15) is 0 Å². The first-order valence-electron chi connectivity index (χ1n) is 8.14. The summed E-state index contributed by atoms with van der Waals surface area (Å²) in [7, 11) is 0. The number of aryl methyl sites for hydroxylation is 1. The molecule has 3 nitrogen and oxygen atoms in total. The SMILES string of the molecule is Nc1ccc(CCCOc2ccc(-c3ccc(N)cc3)cc2)cc1. The fraction of sp³-hybridized carbons (Fsp3) is 0.143. The first kappa shape index (κ1) is 15.9. The van der Waals surface area contributed by atoms with Gasteiger partial charge >= 0.3 is 0 Å². The molecule has 0 radical (unpaired) electrons. The van der Waals surface area contributed by atoms with Crippen LogP contribution < -0.4 is 16.2 Å². The molecule has 122 valence electrons. The second-order valence-electron chi connectivity index (χ2n) is 5.84. The quantitative estimate of drug-likeness (QED) is 0.518. The molecule has 4 N–H and O–H groups in total. The topological polar surface area (TPSA) is 61.3 Å². The van der Waals surface area contributed by atoms with E-state index < -0.39 is 0 Å². The van der Waals surface area contributed by atoms with Crippen molar-refractivity contribution >= 4 is 11.4 Å². The molecule has 3 aromatic carbocycles. The van der Waals surface area contributed by atoms with E-state index in [0.717, 1.165) is 41.1 Å². The van der Waals surface area contributed by atoms with Crippen LogP contribution in [0, 0.1) is 0 Å². The normalized spacial score (nSPS) is 10.5. The molecule has 3 heteroatoms. The molecule has 3 aromatic rings. The van der Waals surface area contributed by atoms with E-state index in [0.29, 0.717) is 6.61 Å². The molecule has 0 saturated carbocycles. The molecule has 0 heterocycles. The van der Waals surface area contributed by atoms with Gasteiger partial charge in [-0.05, 0) is 65.9 Å². The first-order valence-corrected chi connectivity index (χ1v) is 8.14. The van der Waals surface area contributed by atoms with Gasteiger partial charge in [-0.25, -0.2) is 0 Å². The maximum atomic E-state index is 5.82. The molecular weight excluding hydrogens is 296 g/mol. The molecule has 0 aromatic heterocycles. The van der Waals surface area contributed by atoms with E-state index in [2.05, 4.69) is 24.3 Å². The van der Waals surface area contributed by atoms with Crippen molar-refractivity contribution < 1.29 is 4.74 Å². The van der Waals surface area contributed by atoms with Gasteiger partial charge < -0.3 is 16.2 Å². The molecule has 24 heavy (non-hydrogen) atoms. The number of ether oxygens (including phenoxy) is 1. The number of hydrogen-bond acceptors (Lipinski definition) is 3. The minimum Gasteiger partial charge on any atom is -0.494 e. The van der Waals surface area contributed by atoms with E-state index in [4.69, 9.17) is 16.2 Å². The van der Waals surface area contributed by atoms with Gasteiger partial charge in [0, 0.05) is 11.4 Å². The average Bonchev–Trinajstić information content (AvgIpc) is 2.62. The third kappa shape index (κ3) is 4.29. The second kappa shape index (κ2) is 7.55. The average molecular weight is 318 g/mol. The molecule has 0 aliphatic rings. The highest BCUT2D eigenvalue weighted by molar-refractivity contribution is 5.66. The Balaban J connectivity index is 1.49. The summed E-state index contributed by atoms with van der Waals surface area (Å²) in [6.45, 7) is 0.700. The Bertz CT molecular complexity index is 762. The Kier molecular flexibility index (Phi) is 5.02. The van der Waals surface area contributed by atoms with Crippen LogP contribution in [0.2, 0.25) is 0 Å². The van der Waals surface area contributed by atoms with Crippen molar-refractivity contribution in [1.29, 1.82) is 0 Å². The Labute approximate surface area is 142 Å². The van der Waals surface area contributed by atoms with Crippen molar-refractivity contribution in [3.63, 3.8) is 0 Å². The van der Waals surface area contributed by atoms with Crippen LogP contribution in [-0.2, 0) is 6.42 Å². The summed E-state index contributed by atoms with van der Waals surface area (Å²) in [5.41, 5.74) is 16.6. The zero-order chi connectivity index (χ0) is 16.8. The first-order chi connectivity index (χ1) is 11.7. The van der Waals surface area contributed by atoms with Crippen LogP contribution in [-0.4, -0.2) is 6.61 Å². The predicted molar refractivity (Wildman–Crippen MR) is 101 cm³/mol. The van der Waals surface area contributed by atoms with Gasteiger partial charge in [-0.2, -0.15) is 0 Å². The molecule has 0 aliphatic heterocycles. The van der Waals surface area contributed by atoms with Crippen LogP contribution in [0.15, 0.2) is 72.8 Å². The number of rotatable bonds is 6. The van der Waals surface area contributed by atoms with Crippen molar-refractivity contribution in [3.8, 4) is 16.9 Å². The van der Waals surface area contributed by atoms with Gasteiger partial charge in [-0.1, -0.05) is 36.4 Å². The lowest BCUT2D eigenvalue weighted by atomic mass is 10.1. The lowest BCUT2D eigenvalue weighted by Gasteiger charge is -2.08. The summed E-state index contributed by atoms with van der Waals surface area (Å²) in [6, 6.07) is 24.0. The number of nitrogens with two attached hydrogens (primary N) is 2. The van der Waals surface area contributed by atoms with Gasteiger partial charge in [0.15, 0.2) is 0 Å². The van der Waals surface area contributed by atoms with Crippen molar-refractivity contribution in [3.05, 3.63) is 78.4 Å². The second-order valence-corrected chi connectivity index (χ2v) is 5.84. The third-order valence-electron chi connectivity index (χ3n) is 3.96. The van der Waals surface area contributed by atoms with Gasteiger partial charge in [0.05, 0.1) is 6.61 Å². The van der Waals surface area contributed by atoms with Gasteiger partial charge in [-0.15, -0.1) is 0 Å². The van der Waals surface area contributed by atoms with E-state index in [1.807, 2.05) is 48.5 Å². The maximum Gasteiger partial charge on any atom is 0.119 e. The van der Waals surface area contributed by atoms with Gasteiger partial charge in [-0.3, -0.25) is 0 Å². The number of hydrogen-bond donors (Lipinski definition) is 2. The summed E-state index contributed by atoms with van der Waals surface area (Å²) in [5, 5.41) is 0. The zero-order valence-electron chi connectivity index (χ0n) is 13.6. The Morgan fingerprint density at radius 2 is 1.12 bits per heavy atom. The molecule has 0 spiro atoms. The van der Waals surface area contributed by atoms with Crippen LogP contribution in [0.25, 0.3) is 11.1 Å². The Hall–Kier alpha value is -2.94. The molecule has 3 rings (SSSR count). The lowest BCUT2D eigenvalue weighted by Crippen LogP contribution is -1.99. The summed E-state index contributed by atoms with van der Waals surface area (Å²) in [5.74, 6) is 0.895. The largest absolute Gasteiger partial charge is 0.494 e. The summed E-state index contributed by atoms with van der Waals surface area (Å²) < 4.78 is 5.82. The highest BCUT2D eigenvalue weighted by Gasteiger charge is 2.00. The standard InChI is InChI=1S/C21H22N2O/c22-19-9-3-16(4-10-19)2-1-15-24-21-13-7-18(8-14-21)17-5-11-20(23)12-6-17/h3-14H,1-2,15,22-23H2. The molecule has 0 amide bonds. The predicted octanol–water partition coefficient (Wildman–Crippen LogP) is 4.53. The highest BCUT2D eigenvalue weighted by atomic mass is 16.5. The molecule has 0 saturated heterocycles. The van der Waals surface area contributed by atoms with E-state index in [1.54, 1.807) is 0 Å². The van der Waals surface area contributed by atoms with Crippen LogP contribution in [0.4, 0.5) is 11.4 Å². The number of anilines is 2. The molecule has 0 unspecified atom stereocenters. The van der Waals surface area contributed by atoms with Crippen molar-refractivity contribution in [2.45, 2.75) is 12.8 Å². The Morgan fingerprint density at radius 3 is 1.71 bits per heavy atom. The lowest BCUT2D eigenvalue weighted by molar-refractivity contribution is 0.311. The zero-order valence-corrected chi connectivity index (χ0v) is 13.6. The van der Waals surface area contributed by atoms with Crippen molar-refractivity contribution in [1.82, 2.24) is 0 Å². The third-order valence-corrected chi connectivity index (χ3v) is 3.96. The number of nitrogen functional groups attached to an aromatic ring is 2. The fourth-order valence-electron chi connectivity index (χ4n) is 2.57. The van der Waals surface area contributed by atoms with Crippen molar-refractivity contribution in [2.75, 3.05) is 18.1 Å². The van der Waals surface area contributed by atoms with Crippen LogP contribution in [0.1, 0.15) is 12.0 Å². The number of benzene rings is 3. The summed E-state index contributed by atoms with van der Waals surface area (Å²) in [4.78, 5) is 0. The molecule has 0 aliphatic carbocycles. The smallest absolute Gasteiger partial charge is 0.119 e. The minimum absolute atomic E-state index is 0.700. The van der Waals surface area contributed by atoms with Gasteiger partial charge in [0.1, 0.15) is 5.75 Å². The van der Waals surface area contributed by atoms with Crippen molar-refractivity contribution in [2.24, 2.45) is 0 Å². The van der Waals surface area contributed by atoms with Crippen LogP contribution in [0.3, 0.4) is 0 Å². The monoisotopic (exact) mass is 318 g/mol. The minimum atomic E-state index is 0.700. The van der Waals surface area contributed by atoms with E-state index in [1.165, 1.54) is 5.56 Å². The van der Waals surface area contributed by atoms with E-state index >= 15 is 0 Å². The van der Waals surface area contributed by atoms with Crippen LogP contribution in [0.5, 0.6) is 5.75 Å². The summed E-state index contributed by atoms with van der Waals surface area (Å²) in [6.07, 6.45) is 1.97. The summed E-state index contributed by atoms with van der Waals surface area (Å²) >= 11 is 0. The van der Waals surface area contributed by atoms with Gasteiger partial charge in [0.2, 0.25) is 0 Å². The van der Waals surface area contributed by atoms with E-state index in [-0.39, 0.29) is 0 Å². The van der Waals surface area contributed by atoms with Crippen LogP contribution >= 0.6 is 0 Å². The fourth-order valence-corrected chi connectivity index (χ4v) is 2.57. The Morgan fingerprint density at radius 1 is 0.625 bits per heavy atom.